The Balaban J connectivity index is 1.99. The maximum Gasteiger partial charge on any atom is 0.271 e. The second-order valence-corrected chi connectivity index (χ2v) is 8.87. The number of rotatable bonds is 3. The topological polar surface area (TPSA) is 70.9 Å². The summed E-state index contributed by atoms with van der Waals surface area (Å²) in [6.45, 7) is 1.85. The lowest BCUT2D eigenvalue weighted by atomic mass is 10.2. The molecule has 0 aliphatic carbocycles. The second kappa shape index (κ2) is 5.06. The van der Waals surface area contributed by atoms with Crippen LogP contribution >= 0.6 is 27.3 Å². The number of hydrogen-bond acceptors (Lipinski definition) is 5. The van der Waals surface area contributed by atoms with Crippen molar-refractivity contribution in [3.63, 3.8) is 0 Å². The number of hydrogen-bond donors (Lipinski definition) is 1. The number of thiophene rings is 1. The maximum atomic E-state index is 12.4. The molecule has 104 valence electrons. The Labute approximate surface area is 132 Å². The first-order valence-electron chi connectivity index (χ1n) is 5.47. The Bertz CT molecular complexity index is 848. The summed E-state index contributed by atoms with van der Waals surface area (Å²) in [5.41, 5.74) is 2.58. The van der Waals surface area contributed by atoms with Crippen LogP contribution in [0, 0.1) is 6.92 Å². The molecule has 2 heterocycles. The first-order valence-corrected chi connectivity index (χ1v) is 9.30. The van der Waals surface area contributed by atoms with Gasteiger partial charge in [-0.1, -0.05) is 6.07 Å². The maximum absolute atomic E-state index is 12.4. The third-order valence-corrected chi connectivity index (χ3v) is 7.15. The molecule has 1 aliphatic heterocycles. The van der Waals surface area contributed by atoms with Crippen LogP contribution in [0.2, 0.25) is 0 Å². The normalized spacial score (nSPS) is 13.1. The van der Waals surface area contributed by atoms with Crippen LogP contribution in [-0.2, 0) is 21.4 Å². The van der Waals surface area contributed by atoms with Gasteiger partial charge in [0.15, 0.2) is 0 Å². The standard InChI is InChI=1S/C11H8BrN3O2S3/c1-6-5-9(18-11(6)12)20(16,17)15-8-4-2-3-7-10(8)14-19-13-7/h2-5,15H,1H3. The van der Waals surface area contributed by atoms with Crippen molar-refractivity contribution in [1.29, 1.82) is 0 Å². The van der Waals surface area contributed by atoms with Crippen molar-refractivity contribution >= 4 is 65.7 Å². The number of fused-ring (bicyclic) bond motifs is 1. The molecule has 0 amide bonds. The molecule has 9 heteroatoms. The third-order valence-electron chi connectivity index (χ3n) is 2.63. The highest BCUT2D eigenvalue weighted by Gasteiger charge is 2.21. The van der Waals surface area contributed by atoms with E-state index in [1.807, 2.05) is 6.92 Å². The molecule has 2 aromatic rings. The van der Waals surface area contributed by atoms with Crippen LogP contribution in [0.15, 0.2) is 41.0 Å². The van der Waals surface area contributed by atoms with E-state index in [1.165, 1.54) is 11.3 Å². The fourth-order valence-electron chi connectivity index (χ4n) is 1.65. The molecule has 0 bridgehead atoms. The molecule has 0 spiro atoms. The summed E-state index contributed by atoms with van der Waals surface area (Å²) >= 11 is 5.57. The quantitative estimate of drug-likeness (QED) is 0.723. The fourth-order valence-corrected chi connectivity index (χ4v) is 5.49. The van der Waals surface area contributed by atoms with Crippen molar-refractivity contribution in [3.05, 3.63) is 33.6 Å². The predicted octanol–water partition coefficient (Wildman–Crippen LogP) is 4.35. The number of benzene rings is 1. The Morgan fingerprint density at radius 2 is 2.10 bits per heavy atom. The monoisotopic (exact) mass is 389 g/mol. The first-order chi connectivity index (χ1) is 9.47. The summed E-state index contributed by atoms with van der Waals surface area (Å²) in [5, 5.41) is 0. The van der Waals surface area contributed by atoms with Crippen molar-refractivity contribution < 1.29 is 8.42 Å². The van der Waals surface area contributed by atoms with Crippen molar-refractivity contribution in [2.24, 2.45) is 8.73 Å². The second-order valence-electron chi connectivity index (χ2n) is 4.07. The minimum absolute atomic E-state index is 0.266. The molecule has 0 atom stereocenters. The molecule has 1 aromatic heterocycles. The van der Waals surface area contributed by atoms with Gasteiger partial charge in [0.2, 0.25) is 0 Å². The van der Waals surface area contributed by atoms with Crippen molar-refractivity contribution in [1.82, 2.24) is 0 Å². The lowest BCUT2D eigenvalue weighted by Crippen LogP contribution is -2.11. The number of nitrogens with one attached hydrogen (secondary N) is 1. The Morgan fingerprint density at radius 1 is 1.30 bits per heavy atom. The Hall–Kier alpha value is -1.03. The number of sulfonamides is 1. The van der Waals surface area contributed by atoms with Crippen molar-refractivity contribution in [2.45, 2.75) is 11.1 Å². The van der Waals surface area contributed by atoms with Gasteiger partial charge < -0.3 is 0 Å². The summed E-state index contributed by atoms with van der Waals surface area (Å²) in [6.07, 6.45) is 0. The molecule has 5 nitrogen and oxygen atoms in total. The zero-order valence-electron chi connectivity index (χ0n) is 10.1. The van der Waals surface area contributed by atoms with Crippen LogP contribution < -0.4 is 4.72 Å². The van der Waals surface area contributed by atoms with E-state index in [0.29, 0.717) is 17.1 Å². The highest BCUT2D eigenvalue weighted by molar-refractivity contribution is 9.11. The van der Waals surface area contributed by atoms with Crippen molar-refractivity contribution in [3.8, 4) is 0 Å². The molecule has 0 fully saturated rings. The van der Waals surface area contributed by atoms with Crippen molar-refractivity contribution in [2.75, 3.05) is 4.72 Å². The van der Waals surface area contributed by atoms with Crippen LogP contribution in [0.25, 0.3) is 0 Å². The van der Waals surface area contributed by atoms with E-state index >= 15 is 0 Å². The highest BCUT2D eigenvalue weighted by Crippen LogP contribution is 2.40. The van der Waals surface area contributed by atoms with Gasteiger partial charge in [0.05, 0.1) is 20.8 Å². The zero-order valence-corrected chi connectivity index (χ0v) is 14.2. The van der Waals surface area contributed by atoms with Gasteiger partial charge in [0.1, 0.15) is 15.6 Å². The fraction of sp³-hybridized carbons (Fsp3) is 0.0909. The number of anilines is 1. The van der Waals surface area contributed by atoms with E-state index in [2.05, 4.69) is 29.4 Å². The molecule has 3 rings (SSSR count). The summed E-state index contributed by atoms with van der Waals surface area (Å²) in [5.74, 6) is 0. The van der Waals surface area contributed by atoms with Gasteiger partial charge in [-0.25, -0.2) is 8.42 Å². The van der Waals surface area contributed by atoms with E-state index in [4.69, 9.17) is 0 Å². The van der Waals surface area contributed by atoms with Gasteiger partial charge in [0.25, 0.3) is 10.0 Å². The molecule has 1 aliphatic rings. The minimum atomic E-state index is -3.61. The highest BCUT2D eigenvalue weighted by atomic mass is 79.9. The molecule has 20 heavy (non-hydrogen) atoms. The molecular formula is C11H8BrN3O2S3. The lowest BCUT2D eigenvalue weighted by Gasteiger charge is -2.08. The van der Waals surface area contributed by atoms with Gasteiger partial charge >= 0.3 is 0 Å². The van der Waals surface area contributed by atoms with Crippen LogP contribution in [0.4, 0.5) is 17.1 Å². The van der Waals surface area contributed by atoms with E-state index in [-0.39, 0.29) is 4.21 Å². The largest absolute Gasteiger partial charge is 0.277 e. The van der Waals surface area contributed by atoms with E-state index < -0.39 is 10.0 Å². The van der Waals surface area contributed by atoms with Gasteiger partial charge in [-0.15, -0.1) is 11.3 Å². The van der Waals surface area contributed by atoms with Gasteiger partial charge in [-0.3, -0.25) is 4.72 Å². The lowest BCUT2D eigenvalue weighted by molar-refractivity contribution is 0.603. The van der Waals surface area contributed by atoms with E-state index in [9.17, 15) is 8.42 Å². The number of nitrogens with zero attached hydrogens (tertiary/aromatic N) is 2. The molecule has 0 saturated carbocycles. The first kappa shape index (κ1) is 13.9. The van der Waals surface area contributed by atoms with Crippen LogP contribution in [0.1, 0.15) is 5.56 Å². The van der Waals surface area contributed by atoms with Crippen LogP contribution in [0.5, 0.6) is 0 Å². The van der Waals surface area contributed by atoms with Crippen LogP contribution in [0.3, 0.4) is 0 Å². The van der Waals surface area contributed by atoms with Gasteiger partial charge in [-0.2, -0.15) is 8.73 Å². The number of halogens is 1. The SMILES string of the molecule is Cc1cc(S(=O)(=O)Nc2cccc3c2N=S=N3)sc1Br. The molecular weight excluding hydrogens is 382 g/mol. The Kier molecular flexibility index (Phi) is 3.53. The van der Waals surface area contributed by atoms with Crippen LogP contribution in [-0.4, -0.2) is 8.42 Å². The predicted molar refractivity (Wildman–Crippen MR) is 85.5 cm³/mol. The molecule has 0 unspecified atom stereocenters. The van der Waals surface area contributed by atoms with E-state index in [1.54, 1.807) is 24.3 Å². The average molecular weight is 390 g/mol. The minimum Gasteiger partial charge on any atom is -0.277 e. The smallest absolute Gasteiger partial charge is 0.271 e. The molecule has 0 saturated heterocycles. The summed E-state index contributed by atoms with van der Waals surface area (Å²) in [7, 11) is -3.61. The Morgan fingerprint density at radius 3 is 2.80 bits per heavy atom. The van der Waals surface area contributed by atoms with Gasteiger partial charge in [-0.05, 0) is 46.6 Å². The third kappa shape index (κ3) is 2.46. The zero-order chi connectivity index (χ0) is 14.3. The molecule has 1 N–H and O–H groups in total. The number of aryl methyl sites for hydroxylation is 1. The van der Waals surface area contributed by atoms with E-state index in [0.717, 1.165) is 20.7 Å². The summed E-state index contributed by atoms with van der Waals surface area (Å²) in [6, 6.07) is 6.85. The molecule has 1 aromatic carbocycles. The average Bonchev–Trinajstić information content (AvgIpc) is 2.98. The summed E-state index contributed by atoms with van der Waals surface area (Å²) in [4.78, 5) is 0. The molecule has 0 radical (unpaired) electrons. The summed E-state index contributed by atoms with van der Waals surface area (Å²) < 4.78 is 36.6. The van der Waals surface area contributed by atoms with Gasteiger partial charge in [0, 0.05) is 0 Å².